The van der Waals surface area contributed by atoms with Gasteiger partial charge in [-0.3, -0.25) is 4.99 Å². The van der Waals surface area contributed by atoms with E-state index in [1.807, 2.05) is 48.5 Å². The first-order chi connectivity index (χ1) is 12.5. The average Bonchev–Trinajstić information content (AvgIpc) is 2.62. The van der Waals surface area contributed by atoms with E-state index in [2.05, 4.69) is 31.0 Å². The summed E-state index contributed by atoms with van der Waals surface area (Å²) in [5.41, 5.74) is 5.32. The Morgan fingerprint density at radius 1 is 0.923 bits per heavy atom. The van der Waals surface area contributed by atoms with Crippen LogP contribution < -0.4 is 4.74 Å². The summed E-state index contributed by atoms with van der Waals surface area (Å²) in [7, 11) is 0. The number of aliphatic imine (C=N–C) groups is 1. The van der Waals surface area contributed by atoms with Crippen LogP contribution in [0.4, 0.5) is 5.69 Å². The molecule has 0 atom stereocenters. The molecule has 4 heteroatoms. The Morgan fingerprint density at radius 3 is 2.50 bits per heavy atom. The van der Waals surface area contributed by atoms with Crippen LogP contribution in [0.1, 0.15) is 22.3 Å². The standard InChI is InChI=1S/C22H19Cl2NO/c1-15-6-8-20(10-16(15)2)25-13-17-7-9-22(21(24)12-17)26-14-18-4-3-5-19(23)11-18/h3-13H,14H2,1-2H3. The van der Waals surface area contributed by atoms with Gasteiger partial charge in [0.1, 0.15) is 12.4 Å². The van der Waals surface area contributed by atoms with E-state index in [9.17, 15) is 0 Å². The van der Waals surface area contributed by atoms with Crippen molar-refractivity contribution in [2.75, 3.05) is 0 Å². The van der Waals surface area contributed by atoms with E-state index >= 15 is 0 Å². The normalized spacial score (nSPS) is 11.1. The van der Waals surface area contributed by atoms with Crippen molar-refractivity contribution in [1.82, 2.24) is 0 Å². The van der Waals surface area contributed by atoms with Crippen molar-refractivity contribution in [3.63, 3.8) is 0 Å². The van der Waals surface area contributed by atoms with Crippen molar-refractivity contribution < 1.29 is 4.74 Å². The summed E-state index contributed by atoms with van der Waals surface area (Å²) in [5.74, 6) is 0.634. The Hall–Kier alpha value is -2.29. The van der Waals surface area contributed by atoms with Gasteiger partial charge in [0.05, 0.1) is 10.7 Å². The predicted octanol–water partition coefficient (Wildman–Crippen LogP) is 6.94. The Morgan fingerprint density at radius 2 is 1.77 bits per heavy atom. The van der Waals surface area contributed by atoms with Gasteiger partial charge in [0, 0.05) is 11.2 Å². The summed E-state index contributed by atoms with van der Waals surface area (Å²) in [4.78, 5) is 4.51. The molecule has 2 nitrogen and oxygen atoms in total. The second-order valence-electron chi connectivity index (χ2n) is 6.14. The lowest BCUT2D eigenvalue weighted by atomic mass is 10.1. The molecule has 0 aliphatic heterocycles. The molecule has 132 valence electrons. The van der Waals surface area contributed by atoms with Crippen LogP contribution in [0.15, 0.2) is 65.7 Å². The number of nitrogens with zero attached hydrogens (tertiary/aromatic N) is 1. The van der Waals surface area contributed by atoms with Crippen molar-refractivity contribution >= 4 is 35.1 Å². The molecule has 0 aliphatic carbocycles. The summed E-state index contributed by atoms with van der Waals surface area (Å²) < 4.78 is 5.79. The largest absolute Gasteiger partial charge is 0.487 e. The Balaban J connectivity index is 1.68. The zero-order chi connectivity index (χ0) is 18.5. The number of rotatable bonds is 5. The summed E-state index contributed by atoms with van der Waals surface area (Å²) in [6.45, 7) is 4.58. The average molecular weight is 384 g/mol. The van der Waals surface area contributed by atoms with Crippen LogP contribution in [-0.2, 0) is 6.61 Å². The van der Waals surface area contributed by atoms with Gasteiger partial charge in [0.2, 0.25) is 0 Å². The minimum absolute atomic E-state index is 0.413. The summed E-state index contributed by atoms with van der Waals surface area (Å²) >= 11 is 12.3. The third-order valence-electron chi connectivity index (χ3n) is 4.09. The molecule has 0 N–H and O–H groups in total. The number of benzene rings is 3. The first kappa shape index (κ1) is 18.5. The highest BCUT2D eigenvalue weighted by atomic mass is 35.5. The van der Waals surface area contributed by atoms with Crippen LogP contribution in [0, 0.1) is 13.8 Å². The van der Waals surface area contributed by atoms with Crippen molar-refractivity contribution in [2.45, 2.75) is 20.5 Å². The van der Waals surface area contributed by atoms with Crippen molar-refractivity contribution in [3.8, 4) is 5.75 Å². The maximum absolute atomic E-state index is 6.34. The van der Waals surface area contributed by atoms with E-state index in [1.165, 1.54) is 11.1 Å². The summed E-state index contributed by atoms with van der Waals surface area (Å²) in [5, 5.41) is 1.24. The molecule has 26 heavy (non-hydrogen) atoms. The number of hydrogen-bond acceptors (Lipinski definition) is 2. The SMILES string of the molecule is Cc1ccc(N=Cc2ccc(OCc3cccc(Cl)c3)c(Cl)c2)cc1C. The van der Waals surface area contributed by atoms with Crippen LogP contribution >= 0.6 is 23.2 Å². The van der Waals surface area contributed by atoms with Crippen LogP contribution in [0.2, 0.25) is 10.0 Å². The van der Waals surface area contributed by atoms with Gasteiger partial charge in [0.15, 0.2) is 0 Å². The Kier molecular flexibility index (Phi) is 5.97. The lowest BCUT2D eigenvalue weighted by Crippen LogP contribution is -1.96. The van der Waals surface area contributed by atoms with Crippen LogP contribution in [-0.4, -0.2) is 6.21 Å². The van der Waals surface area contributed by atoms with Gasteiger partial charge in [-0.2, -0.15) is 0 Å². The smallest absolute Gasteiger partial charge is 0.138 e. The molecule has 0 saturated heterocycles. The molecule has 0 heterocycles. The fraction of sp³-hybridized carbons (Fsp3) is 0.136. The molecule has 0 bridgehead atoms. The zero-order valence-electron chi connectivity index (χ0n) is 14.7. The highest BCUT2D eigenvalue weighted by molar-refractivity contribution is 6.32. The monoisotopic (exact) mass is 383 g/mol. The van der Waals surface area contributed by atoms with Gasteiger partial charge < -0.3 is 4.74 Å². The topological polar surface area (TPSA) is 21.6 Å². The molecule has 0 aromatic heterocycles. The van der Waals surface area contributed by atoms with E-state index in [0.29, 0.717) is 22.4 Å². The van der Waals surface area contributed by atoms with Crippen molar-refractivity contribution in [2.24, 2.45) is 4.99 Å². The molecular weight excluding hydrogens is 365 g/mol. The lowest BCUT2D eigenvalue weighted by Gasteiger charge is -2.09. The summed E-state index contributed by atoms with van der Waals surface area (Å²) in [6.07, 6.45) is 1.80. The molecule has 3 aromatic rings. The van der Waals surface area contributed by atoms with Gasteiger partial charge in [-0.25, -0.2) is 0 Å². The third kappa shape index (κ3) is 4.87. The Bertz CT molecular complexity index is 951. The van der Waals surface area contributed by atoms with Crippen LogP contribution in [0.5, 0.6) is 5.75 Å². The fourth-order valence-corrected chi connectivity index (χ4v) is 2.91. The quantitative estimate of drug-likeness (QED) is 0.437. The second kappa shape index (κ2) is 8.39. The van der Waals surface area contributed by atoms with Crippen LogP contribution in [0.25, 0.3) is 0 Å². The number of ether oxygens (including phenoxy) is 1. The highest BCUT2D eigenvalue weighted by Crippen LogP contribution is 2.26. The van der Waals surface area contributed by atoms with Crippen molar-refractivity contribution in [3.05, 3.63) is 93.0 Å². The maximum atomic E-state index is 6.34. The van der Waals surface area contributed by atoms with Gasteiger partial charge >= 0.3 is 0 Å². The minimum Gasteiger partial charge on any atom is -0.487 e. The van der Waals surface area contributed by atoms with E-state index in [0.717, 1.165) is 16.8 Å². The molecule has 0 saturated carbocycles. The Labute approximate surface area is 164 Å². The number of halogens is 2. The van der Waals surface area contributed by atoms with E-state index < -0.39 is 0 Å². The molecule has 0 fully saturated rings. The summed E-state index contributed by atoms with van der Waals surface area (Å²) in [6, 6.07) is 19.3. The molecule has 0 radical (unpaired) electrons. The van der Waals surface area contributed by atoms with Gasteiger partial charge in [0.25, 0.3) is 0 Å². The first-order valence-electron chi connectivity index (χ1n) is 8.29. The molecule has 0 amide bonds. The van der Waals surface area contributed by atoms with E-state index in [4.69, 9.17) is 27.9 Å². The lowest BCUT2D eigenvalue weighted by molar-refractivity contribution is 0.306. The van der Waals surface area contributed by atoms with E-state index in [-0.39, 0.29) is 0 Å². The number of hydrogen-bond donors (Lipinski definition) is 0. The van der Waals surface area contributed by atoms with Gasteiger partial charge in [-0.1, -0.05) is 41.4 Å². The molecule has 3 aromatic carbocycles. The van der Waals surface area contributed by atoms with Gasteiger partial charge in [-0.15, -0.1) is 0 Å². The van der Waals surface area contributed by atoms with Crippen molar-refractivity contribution in [1.29, 1.82) is 0 Å². The predicted molar refractivity (Wildman–Crippen MR) is 110 cm³/mol. The highest BCUT2D eigenvalue weighted by Gasteiger charge is 2.04. The third-order valence-corrected chi connectivity index (χ3v) is 4.62. The molecule has 0 aliphatic rings. The van der Waals surface area contributed by atoms with Gasteiger partial charge in [-0.05, 0) is 78.6 Å². The molecule has 0 unspecified atom stereocenters. The minimum atomic E-state index is 0.413. The maximum Gasteiger partial charge on any atom is 0.138 e. The second-order valence-corrected chi connectivity index (χ2v) is 6.98. The molecule has 3 rings (SSSR count). The van der Waals surface area contributed by atoms with E-state index in [1.54, 1.807) is 6.21 Å². The zero-order valence-corrected chi connectivity index (χ0v) is 16.2. The number of aryl methyl sites for hydroxylation is 2. The first-order valence-corrected chi connectivity index (χ1v) is 9.05. The molecular formula is C22H19Cl2NO. The van der Waals surface area contributed by atoms with Crippen LogP contribution in [0.3, 0.4) is 0 Å². The fourth-order valence-electron chi connectivity index (χ4n) is 2.46. The molecule has 0 spiro atoms.